The molecule has 2 saturated heterocycles. The lowest BCUT2D eigenvalue weighted by Crippen LogP contribution is -2.33. The summed E-state index contributed by atoms with van der Waals surface area (Å²) in [6.07, 6.45) is 0.315. The molecule has 4 aromatic rings. The number of morpholine rings is 2. The molecule has 2 aliphatic heterocycles. The van der Waals surface area contributed by atoms with Crippen molar-refractivity contribution in [2.45, 2.75) is 19.1 Å². The Bertz CT molecular complexity index is 1400. The number of ether oxygens (including phenoxy) is 2. The summed E-state index contributed by atoms with van der Waals surface area (Å²) >= 11 is 11.8. The second-order valence-corrected chi connectivity index (χ2v) is 11.3. The Balaban J connectivity index is 0.000000168. The van der Waals surface area contributed by atoms with Crippen LogP contribution < -0.4 is 20.9 Å². The summed E-state index contributed by atoms with van der Waals surface area (Å²) in [7, 11) is 2.05. The summed E-state index contributed by atoms with van der Waals surface area (Å²) in [4.78, 5) is 2.14. The first-order chi connectivity index (χ1) is 20.5. The third-order valence-corrected chi connectivity index (χ3v) is 7.97. The number of rotatable bonds is 6. The minimum atomic E-state index is 0.155. The Hall–Kier alpha value is -3.10. The summed E-state index contributed by atoms with van der Waals surface area (Å²) in [5.41, 5.74) is 8.04. The topological polar surface area (TPSA) is 57.8 Å². The van der Waals surface area contributed by atoms with Crippen LogP contribution in [0.4, 0.5) is 22.7 Å². The van der Waals surface area contributed by atoms with E-state index in [-0.39, 0.29) is 12.2 Å². The maximum absolute atomic E-state index is 5.93. The summed E-state index contributed by atoms with van der Waals surface area (Å²) in [6, 6.07) is 30.5. The number of benzene rings is 4. The molecule has 2 heterocycles. The smallest absolute Gasteiger partial charge is 0.0949 e. The second-order valence-electron chi connectivity index (χ2n) is 10.5. The van der Waals surface area contributed by atoms with E-state index in [1.54, 1.807) is 0 Å². The largest absolute Gasteiger partial charge is 0.371 e. The molecule has 0 aromatic heterocycles. The molecule has 0 radical (unpaired) electrons. The van der Waals surface area contributed by atoms with Crippen molar-refractivity contribution < 1.29 is 9.47 Å². The molecule has 6 nitrogen and oxygen atoms in total. The van der Waals surface area contributed by atoms with Crippen LogP contribution in [-0.2, 0) is 9.47 Å². The first-order valence-electron chi connectivity index (χ1n) is 14.3. The maximum Gasteiger partial charge on any atom is 0.0949 e. The van der Waals surface area contributed by atoms with Crippen LogP contribution in [0.5, 0.6) is 0 Å². The van der Waals surface area contributed by atoms with E-state index < -0.39 is 0 Å². The Morgan fingerprint density at radius 1 is 0.690 bits per heavy atom. The van der Waals surface area contributed by atoms with Crippen molar-refractivity contribution in [2.24, 2.45) is 0 Å². The molecule has 2 aliphatic rings. The average molecular weight is 606 g/mol. The van der Waals surface area contributed by atoms with Gasteiger partial charge in [0.25, 0.3) is 0 Å². The Kier molecular flexibility index (Phi) is 10.8. The Labute approximate surface area is 258 Å². The molecule has 4 aromatic carbocycles. The van der Waals surface area contributed by atoms with Gasteiger partial charge in [0.15, 0.2) is 0 Å². The summed E-state index contributed by atoms with van der Waals surface area (Å²) < 4.78 is 11.6. The van der Waals surface area contributed by atoms with Crippen LogP contribution >= 0.6 is 23.2 Å². The van der Waals surface area contributed by atoms with Crippen molar-refractivity contribution in [3.63, 3.8) is 0 Å². The van der Waals surface area contributed by atoms with Gasteiger partial charge in [0, 0.05) is 66.0 Å². The molecule has 0 bridgehead atoms. The van der Waals surface area contributed by atoms with E-state index in [2.05, 4.69) is 77.3 Å². The molecule has 0 amide bonds. The van der Waals surface area contributed by atoms with E-state index in [0.29, 0.717) is 0 Å². The number of hydrogen-bond acceptors (Lipinski definition) is 6. The summed E-state index contributed by atoms with van der Waals surface area (Å²) in [5.74, 6) is 0. The number of nitrogens with one attached hydrogen (secondary N) is 3. The molecule has 0 spiro atoms. The zero-order valence-electron chi connectivity index (χ0n) is 24.1. The minimum Gasteiger partial charge on any atom is -0.371 e. The fourth-order valence-corrected chi connectivity index (χ4v) is 5.25. The predicted octanol–water partition coefficient (Wildman–Crippen LogP) is 7.82. The fourth-order valence-electron chi connectivity index (χ4n) is 5.00. The first kappa shape index (κ1) is 30.4. The minimum absolute atomic E-state index is 0.155. The molecular formula is C34H38Cl2N4O2. The lowest BCUT2D eigenvalue weighted by Gasteiger charge is -2.25. The van der Waals surface area contributed by atoms with Gasteiger partial charge in [-0.05, 0) is 90.3 Å². The van der Waals surface area contributed by atoms with Crippen molar-refractivity contribution in [2.75, 3.05) is 56.7 Å². The van der Waals surface area contributed by atoms with Crippen molar-refractivity contribution in [1.82, 2.24) is 10.6 Å². The van der Waals surface area contributed by atoms with Crippen LogP contribution in [0.15, 0.2) is 91.0 Å². The van der Waals surface area contributed by atoms with Gasteiger partial charge in [0.1, 0.15) is 0 Å². The third kappa shape index (κ3) is 8.26. The lowest BCUT2D eigenvalue weighted by atomic mass is 10.0. The number of nitrogens with zero attached hydrogens (tertiary/aromatic N) is 1. The normalized spacial score (nSPS) is 18.5. The molecule has 220 valence electrons. The van der Waals surface area contributed by atoms with E-state index in [4.69, 9.17) is 32.7 Å². The highest BCUT2D eigenvalue weighted by Crippen LogP contribution is 2.28. The molecule has 2 fully saturated rings. The maximum atomic E-state index is 5.93. The zero-order chi connectivity index (χ0) is 29.3. The fraction of sp³-hybridized carbons (Fsp3) is 0.294. The van der Waals surface area contributed by atoms with E-state index in [1.807, 2.05) is 48.5 Å². The van der Waals surface area contributed by atoms with Crippen molar-refractivity contribution in [3.8, 4) is 0 Å². The van der Waals surface area contributed by atoms with E-state index in [0.717, 1.165) is 72.2 Å². The number of anilines is 4. The van der Waals surface area contributed by atoms with Gasteiger partial charge < -0.3 is 30.3 Å². The molecule has 6 rings (SSSR count). The quantitative estimate of drug-likeness (QED) is 0.208. The highest BCUT2D eigenvalue weighted by Gasteiger charge is 2.17. The molecule has 0 saturated carbocycles. The van der Waals surface area contributed by atoms with Gasteiger partial charge in [-0.1, -0.05) is 47.5 Å². The Morgan fingerprint density at radius 2 is 1.19 bits per heavy atom. The van der Waals surface area contributed by atoms with E-state index in [9.17, 15) is 0 Å². The summed E-state index contributed by atoms with van der Waals surface area (Å²) in [6.45, 7) is 7.29. The highest BCUT2D eigenvalue weighted by molar-refractivity contribution is 6.30. The number of hydrogen-bond donors (Lipinski definition) is 3. The van der Waals surface area contributed by atoms with Crippen LogP contribution in [0.3, 0.4) is 0 Å². The number of halogens is 2. The molecule has 2 atom stereocenters. The van der Waals surface area contributed by atoms with E-state index >= 15 is 0 Å². The predicted molar refractivity (Wildman–Crippen MR) is 175 cm³/mol. The number of aryl methyl sites for hydroxylation is 1. The van der Waals surface area contributed by atoms with Gasteiger partial charge in [-0.2, -0.15) is 0 Å². The van der Waals surface area contributed by atoms with Crippen molar-refractivity contribution in [3.05, 3.63) is 118 Å². The van der Waals surface area contributed by atoms with Gasteiger partial charge in [0.05, 0.1) is 25.4 Å². The Morgan fingerprint density at radius 3 is 1.71 bits per heavy atom. The van der Waals surface area contributed by atoms with Gasteiger partial charge in [-0.3, -0.25) is 0 Å². The molecule has 42 heavy (non-hydrogen) atoms. The monoisotopic (exact) mass is 604 g/mol. The van der Waals surface area contributed by atoms with Crippen LogP contribution in [-0.4, -0.2) is 46.4 Å². The van der Waals surface area contributed by atoms with Crippen LogP contribution in [0, 0.1) is 6.92 Å². The molecule has 3 N–H and O–H groups in total. The van der Waals surface area contributed by atoms with E-state index in [1.165, 1.54) is 16.7 Å². The van der Waals surface area contributed by atoms with Gasteiger partial charge in [-0.15, -0.1) is 0 Å². The van der Waals surface area contributed by atoms with Crippen LogP contribution in [0.1, 0.15) is 28.9 Å². The lowest BCUT2D eigenvalue weighted by molar-refractivity contribution is 0.0276. The molecule has 0 aliphatic carbocycles. The first-order valence-corrected chi connectivity index (χ1v) is 15.1. The molecule has 1 unspecified atom stereocenters. The van der Waals surface area contributed by atoms with Gasteiger partial charge >= 0.3 is 0 Å². The highest BCUT2D eigenvalue weighted by atomic mass is 35.5. The third-order valence-electron chi connectivity index (χ3n) is 7.47. The average Bonchev–Trinajstić information content (AvgIpc) is 3.04. The molecule has 8 heteroatoms. The van der Waals surface area contributed by atoms with Crippen LogP contribution in [0.2, 0.25) is 10.0 Å². The molecular weight excluding hydrogens is 567 g/mol. The second kappa shape index (κ2) is 14.9. The van der Waals surface area contributed by atoms with Gasteiger partial charge in [0.2, 0.25) is 0 Å². The van der Waals surface area contributed by atoms with Crippen molar-refractivity contribution in [1.29, 1.82) is 0 Å². The SMILES string of the molecule is CN(c1ccc(Cl)cc1)c1ccc([C@H]2CNCCO2)cc1.Cc1cc(C2CNCCO2)ccc1Nc1ccc(Cl)cc1. The van der Waals surface area contributed by atoms with Crippen molar-refractivity contribution >= 4 is 46.0 Å². The zero-order valence-corrected chi connectivity index (χ0v) is 25.6. The standard InChI is InChI=1S/2C17H19ClN2O/c1-20(16-8-4-14(18)5-9-16)15-6-2-13(3-7-15)17-12-19-10-11-21-17;1-12-10-13(17-11-19-8-9-21-17)2-7-16(12)20-15-5-3-14(18)4-6-15/h2-9,17,19H,10-12H2,1H3;2-7,10,17,19-20H,8-9,11H2,1H3/t17-;/m1./s1. The summed E-state index contributed by atoms with van der Waals surface area (Å²) in [5, 5.41) is 11.6. The van der Waals surface area contributed by atoms with Crippen LogP contribution in [0.25, 0.3) is 0 Å². The van der Waals surface area contributed by atoms with Gasteiger partial charge in [-0.25, -0.2) is 0 Å².